The van der Waals surface area contributed by atoms with Crippen LogP contribution in [0.15, 0.2) is 54.6 Å². The lowest BCUT2D eigenvalue weighted by Gasteiger charge is -2.02. The van der Waals surface area contributed by atoms with Crippen LogP contribution in [-0.2, 0) is 16.0 Å². The number of hydrogen-bond acceptors (Lipinski definition) is 2. The van der Waals surface area contributed by atoms with Crippen LogP contribution < -0.4 is 0 Å². The van der Waals surface area contributed by atoms with Gasteiger partial charge in [-0.2, -0.15) is 0 Å². The molecule has 0 N–H and O–H groups in total. The normalized spacial score (nSPS) is 10.8. The van der Waals surface area contributed by atoms with Crippen molar-refractivity contribution in [3.63, 3.8) is 0 Å². The Balaban J connectivity index is 1.84. The van der Waals surface area contributed by atoms with E-state index < -0.39 is 17.6 Å². The summed E-state index contributed by atoms with van der Waals surface area (Å²) in [6.45, 7) is 0.235. The van der Waals surface area contributed by atoms with Crippen molar-refractivity contribution >= 4 is 12.0 Å². The maximum absolute atomic E-state index is 13.3. The third-order valence-electron chi connectivity index (χ3n) is 2.83. The molecule has 2 aromatic rings. The van der Waals surface area contributed by atoms with Gasteiger partial charge in [-0.05, 0) is 29.8 Å². The van der Waals surface area contributed by atoms with Crippen LogP contribution in [0, 0.1) is 11.6 Å². The van der Waals surface area contributed by atoms with Gasteiger partial charge in [0.2, 0.25) is 0 Å². The Labute approximate surface area is 121 Å². The van der Waals surface area contributed by atoms with Crippen molar-refractivity contribution in [3.8, 4) is 0 Å². The predicted molar refractivity (Wildman–Crippen MR) is 76.5 cm³/mol. The molecule has 2 rings (SSSR count). The molecule has 0 radical (unpaired) electrons. The van der Waals surface area contributed by atoms with E-state index in [0.29, 0.717) is 6.42 Å². The van der Waals surface area contributed by atoms with Crippen LogP contribution in [0.3, 0.4) is 0 Å². The summed E-state index contributed by atoms with van der Waals surface area (Å²) in [6.07, 6.45) is 2.89. The smallest absolute Gasteiger partial charge is 0.330 e. The van der Waals surface area contributed by atoms with Crippen molar-refractivity contribution in [1.29, 1.82) is 0 Å². The summed E-state index contributed by atoms with van der Waals surface area (Å²) in [5.74, 6) is -1.74. The average molecular weight is 288 g/mol. The molecule has 0 unspecified atom stereocenters. The van der Waals surface area contributed by atoms with E-state index in [-0.39, 0.29) is 12.2 Å². The Morgan fingerprint density at radius 3 is 2.62 bits per heavy atom. The van der Waals surface area contributed by atoms with Crippen LogP contribution in [0.2, 0.25) is 0 Å². The topological polar surface area (TPSA) is 26.3 Å². The summed E-state index contributed by atoms with van der Waals surface area (Å²) in [6, 6.07) is 12.6. The standard InChI is InChI=1S/C17H14F2O2/c18-15-7-8-16(19)14(12-15)6-9-17(20)21-11-10-13-4-2-1-3-5-13/h1-9,12H,10-11H2/b9-6+. The van der Waals surface area contributed by atoms with E-state index in [1.54, 1.807) is 0 Å². The number of hydrogen-bond donors (Lipinski definition) is 0. The first kappa shape index (κ1) is 14.9. The summed E-state index contributed by atoms with van der Waals surface area (Å²) in [5.41, 5.74) is 1.07. The van der Waals surface area contributed by atoms with Crippen molar-refractivity contribution in [2.75, 3.05) is 6.61 Å². The number of carbonyl (C=O) groups is 1. The van der Waals surface area contributed by atoms with Crippen LogP contribution in [0.1, 0.15) is 11.1 Å². The van der Waals surface area contributed by atoms with Gasteiger partial charge in [-0.25, -0.2) is 13.6 Å². The molecule has 0 fully saturated rings. The molecule has 0 atom stereocenters. The van der Waals surface area contributed by atoms with E-state index in [9.17, 15) is 13.6 Å². The summed E-state index contributed by atoms with van der Waals surface area (Å²) >= 11 is 0. The summed E-state index contributed by atoms with van der Waals surface area (Å²) < 4.78 is 31.3. The number of esters is 1. The fraction of sp³-hybridized carbons (Fsp3) is 0.118. The highest BCUT2D eigenvalue weighted by molar-refractivity contribution is 5.87. The van der Waals surface area contributed by atoms with Crippen molar-refractivity contribution in [2.45, 2.75) is 6.42 Å². The molecule has 0 aliphatic carbocycles. The zero-order valence-corrected chi connectivity index (χ0v) is 11.3. The zero-order valence-electron chi connectivity index (χ0n) is 11.3. The highest BCUT2D eigenvalue weighted by Crippen LogP contribution is 2.11. The number of ether oxygens (including phenoxy) is 1. The first-order chi connectivity index (χ1) is 10.1. The molecule has 0 aromatic heterocycles. The molecule has 0 aliphatic rings. The largest absolute Gasteiger partial charge is 0.462 e. The second-order valence-corrected chi connectivity index (χ2v) is 4.40. The van der Waals surface area contributed by atoms with E-state index >= 15 is 0 Å². The zero-order chi connectivity index (χ0) is 15.1. The van der Waals surface area contributed by atoms with Gasteiger partial charge in [-0.1, -0.05) is 30.3 Å². The molecule has 0 saturated carbocycles. The molecule has 0 aliphatic heterocycles. The fourth-order valence-electron chi connectivity index (χ4n) is 1.76. The highest BCUT2D eigenvalue weighted by atomic mass is 19.1. The molecule has 0 saturated heterocycles. The summed E-state index contributed by atoms with van der Waals surface area (Å²) in [7, 11) is 0. The first-order valence-corrected chi connectivity index (χ1v) is 6.49. The molecule has 0 spiro atoms. The van der Waals surface area contributed by atoms with Gasteiger partial charge in [0, 0.05) is 18.1 Å². The van der Waals surface area contributed by atoms with E-state index in [4.69, 9.17) is 4.74 Å². The Bertz CT molecular complexity index is 636. The maximum Gasteiger partial charge on any atom is 0.330 e. The van der Waals surface area contributed by atoms with Gasteiger partial charge in [0.05, 0.1) is 6.61 Å². The molecule has 2 nitrogen and oxygen atoms in total. The Kier molecular flexibility index (Phi) is 5.21. The number of carbonyl (C=O) groups excluding carboxylic acids is 1. The molecule has 4 heteroatoms. The van der Waals surface area contributed by atoms with Gasteiger partial charge in [-0.3, -0.25) is 0 Å². The summed E-state index contributed by atoms with van der Waals surface area (Å²) in [5, 5.41) is 0. The van der Waals surface area contributed by atoms with Crippen LogP contribution in [-0.4, -0.2) is 12.6 Å². The molecule has 0 heterocycles. The third kappa shape index (κ3) is 4.84. The minimum atomic E-state index is -0.593. The van der Waals surface area contributed by atoms with Gasteiger partial charge < -0.3 is 4.74 Å². The van der Waals surface area contributed by atoms with Crippen molar-refractivity contribution < 1.29 is 18.3 Å². The lowest BCUT2D eigenvalue weighted by atomic mass is 10.2. The molecule has 108 valence electrons. The van der Waals surface area contributed by atoms with E-state index in [1.807, 2.05) is 30.3 Å². The van der Waals surface area contributed by atoms with E-state index in [0.717, 1.165) is 29.8 Å². The second kappa shape index (κ2) is 7.33. The average Bonchev–Trinajstić information content (AvgIpc) is 2.49. The van der Waals surface area contributed by atoms with Gasteiger partial charge in [0.25, 0.3) is 0 Å². The fourth-order valence-corrected chi connectivity index (χ4v) is 1.76. The molecule has 0 bridgehead atoms. The molecule has 0 amide bonds. The quantitative estimate of drug-likeness (QED) is 0.618. The van der Waals surface area contributed by atoms with Gasteiger partial charge in [-0.15, -0.1) is 0 Å². The predicted octanol–water partition coefficient (Wildman–Crippen LogP) is 3.76. The molecular weight excluding hydrogens is 274 g/mol. The van der Waals surface area contributed by atoms with Crippen molar-refractivity contribution in [2.24, 2.45) is 0 Å². The van der Waals surface area contributed by atoms with Crippen LogP contribution in [0.25, 0.3) is 6.08 Å². The Hall–Kier alpha value is -2.49. The SMILES string of the molecule is O=C(/C=C/c1cc(F)ccc1F)OCCc1ccccc1. The second-order valence-electron chi connectivity index (χ2n) is 4.40. The van der Waals surface area contributed by atoms with Crippen LogP contribution in [0.4, 0.5) is 8.78 Å². The third-order valence-corrected chi connectivity index (χ3v) is 2.83. The number of halogens is 2. The van der Waals surface area contributed by atoms with Crippen LogP contribution in [0.5, 0.6) is 0 Å². The van der Waals surface area contributed by atoms with Crippen LogP contribution >= 0.6 is 0 Å². The molecule has 2 aromatic carbocycles. The van der Waals surface area contributed by atoms with Gasteiger partial charge in [0.15, 0.2) is 0 Å². The van der Waals surface area contributed by atoms with E-state index in [2.05, 4.69) is 0 Å². The monoisotopic (exact) mass is 288 g/mol. The minimum absolute atomic E-state index is 0.00927. The molecule has 21 heavy (non-hydrogen) atoms. The lowest BCUT2D eigenvalue weighted by Crippen LogP contribution is -2.04. The minimum Gasteiger partial charge on any atom is -0.462 e. The van der Waals surface area contributed by atoms with E-state index in [1.165, 1.54) is 6.08 Å². The summed E-state index contributed by atoms with van der Waals surface area (Å²) in [4.78, 5) is 11.5. The Morgan fingerprint density at radius 2 is 1.86 bits per heavy atom. The maximum atomic E-state index is 13.3. The molecular formula is C17H14F2O2. The highest BCUT2D eigenvalue weighted by Gasteiger charge is 2.02. The number of rotatable bonds is 5. The van der Waals surface area contributed by atoms with Gasteiger partial charge >= 0.3 is 5.97 Å². The number of benzene rings is 2. The van der Waals surface area contributed by atoms with Gasteiger partial charge in [0.1, 0.15) is 11.6 Å². The Morgan fingerprint density at radius 1 is 1.10 bits per heavy atom. The first-order valence-electron chi connectivity index (χ1n) is 6.49. The van der Waals surface area contributed by atoms with Crippen molar-refractivity contribution in [1.82, 2.24) is 0 Å². The van der Waals surface area contributed by atoms with Crippen molar-refractivity contribution in [3.05, 3.63) is 77.4 Å². The lowest BCUT2D eigenvalue weighted by molar-refractivity contribution is -0.137.